The first-order valence-corrected chi connectivity index (χ1v) is 6.96. The number of rotatable bonds is 8. The fourth-order valence-corrected chi connectivity index (χ4v) is 2.08. The Kier molecular flexibility index (Phi) is 7.25. The number of amides is 2. The van der Waals surface area contributed by atoms with Crippen molar-refractivity contribution in [3.05, 3.63) is 11.8 Å². The molecule has 2 atom stereocenters. The number of ether oxygens (including phenoxy) is 2. The highest BCUT2D eigenvalue weighted by Gasteiger charge is 2.27. The number of carbonyl (C=O) groups is 2. The van der Waals surface area contributed by atoms with Gasteiger partial charge >= 0.3 is 0 Å². The zero-order chi connectivity index (χ0) is 15.0. The average Bonchev–Trinajstić information content (AvgIpc) is 2.88. The first kappa shape index (κ1) is 16.7. The normalized spacial score (nSPS) is 22.6. The van der Waals surface area contributed by atoms with Crippen LogP contribution in [0.15, 0.2) is 11.8 Å². The predicted molar refractivity (Wildman–Crippen MR) is 74.7 cm³/mol. The van der Waals surface area contributed by atoms with E-state index >= 15 is 0 Å². The Morgan fingerprint density at radius 3 is 2.90 bits per heavy atom. The molecule has 1 fully saturated rings. The first-order chi connectivity index (χ1) is 9.58. The lowest BCUT2D eigenvalue weighted by molar-refractivity contribution is -0.122. The highest BCUT2D eigenvalue weighted by molar-refractivity contribution is 5.98. The lowest BCUT2D eigenvalue weighted by Gasteiger charge is -2.23. The highest BCUT2D eigenvalue weighted by Crippen LogP contribution is 2.22. The van der Waals surface area contributed by atoms with Crippen LogP contribution in [0.3, 0.4) is 0 Å². The topological polar surface area (TPSA) is 67.9 Å². The molecule has 0 aromatic carbocycles. The van der Waals surface area contributed by atoms with Crippen molar-refractivity contribution in [1.82, 2.24) is 10.2 Å². The van der Waals surface area contributed by atoms with E-state index < -0.39 is 5.91 Å². The molecule has 1 rings (SSSR count). The number of hydrogen-bond donors (Lipinski definition) is 1. The minimum atomic E-state index is -0.396. The van der Waals surface area contributed by atoms with E-state index in [-0.39, 0.29) is 12.3 Å². The minimum Gasteiger partial charge on any atom is -0.379 e. The van der Waals surface area contributed by atoms with Crippen molar-refractivity contribution in [3.63, 3.8) is 0 Å². The van der Waals surface area contributed by atoms with Crippen LogP contribution in [-0.2, 0) is 19.1 Å². The predicted octanol–water partition coefficient (Wildman–Crippen LogP) is 1.03. The quantitative estimate of drug-likeness (QED) is 0.409. The van der Waals surface area contributed by atoms with Crippen LogP contribution in [0, 0.1) is 0 Å². The zero-order valence-electron chi connectivity index (χ0n) is 12.4. The molecule has 0 aliphatic carbocycles. The van der Waals surface area contributed by atoms with Gasteiger partial charge in [0.05, 0.1) is 12.7 Å². The summed E-state index contributed by atoms with van der Waals surface area (Å²) in [6.07, 6.45) is 4.99. The van der Waals surface area contributed by atoms with Gasteiger partial charge in [-0.3, -0.25) is 14.9 Å². The molecule has 0 bridgehead atoms. The highest BCUT2D eigenvalue weighted by atomic mass is 16.6. The van der Waals surface area contributed by atoms with Gasteiger partial charge < -0.3 is 14.4 Å². The minimum absolute atomic E-state index is 0.0517. The maximum absolute atomic E-state index is 11.4. The summed E-state index contributed by atoms with van der Waals surface area (Å²) in [5.41, 5.74) is 0.467. The summed E-state index contributed by atoms with van der Waals surface area (Å²) in [6, 6.07) is 0. The van der Waals surface area contributed by atoms with Gasteiger partial charge in [0.2, 0.25) is 6.41 Å². The third kappa shape index (κ3) is 5.30. The van der Waals surface area contributed by atoms with Crippen molar-refractivity contribution in [3.8, 4) is 0 Å². The molecule has 1 N–H and O–H groups in total. The van der Waals surface area contributed by atoms with Crippen LogP contribution in [0.1, 0.15) is 33.1 Å². The van der Waals surface area contributed by atoms with Gasteiger partial charge in [0.1, 0.15) is 6.23 Å². The average molecular weight is 284 g/mol. The molecule has 0 aromatic heterocycles. The molecule has 0 aromatic rings. The second-order valence-electron chi connectivity index (χ2n) is 4.93. The fourth-order valence-electron chi connectivity index (χ4n) is 2.08. The van der Waals surface area contributed by atoms with Crippen LogP contribution >= 0.6 is 0 Å². The number of carbonyl (C=O) groups excluding carboxylic acids is 2. The van der Waals surface area contributed by atoms with Crippen LogP contribution in [0.2, 0.25) is 0 Å². The molecular weight excluding hydrogens is 260 g/mol. The maximum atomic E-state index is 11.4. The molecule has 6 nitrogen and oxygen atoms in total. The molecule has 0 radical (unpaired) electrons. The second kappa shape index (κ2) is 8.71. The SMILES string of the molecule is CCCOCC1CCC(N(C)/C=C(/C)C(=O)NC=O)O1. The maximum Gasteiger partial charge on any atom is 0.254 e. The van der Waals surface area contributed by atoms with Crippen molar-refractivity contribution in [2.75, 3.05) is 20.3 Å². The lowest BCUT2D eigenvalue weighted by Crippen LogP contribution is -2.30. The molecule has 114 valence electrons. The second-order valence-corrected chi connectivity index (χ2v) is 4.93. The Bertz CT molecular complexity index is 357. The van der Waals surface area contributed by atoms with Gasteiger partial charge in [-0.05, 0) is 26.2 Å². The smallest absolute Gasteiger partial charge is 0.254 e. The van der Waals surface area contributed by atoms with Gasteiger partial charge in [-0.2, -0.15) is 0 Å². The van der Waals surface area contributed by atoms with Crippen LogP contribution in [0.4, 0.5) is 0 Å². The summed E-state index contributed by atoms with van der Waals surface area (Å²) < 4.78 is 11.3. The third-order valence-corrected chi connectivity index (χ3v) is 3.14. The van der Waals surface area contributed by atoms with Gasteiger partial charge in [-0.25, -0.2) is 0 Å². The summed E-state index contributed by atoms with van der Waals surface area (Å²) in [6.45, 7) is 5.11. The van der Waals surface area contributed by atoms with Crippen LogP contribution in [-0.4, -0.2) is 49.8 Å². The van der Waals surface area contributed by atoms with E-state index in [4.69, 9.17) is 9.47 Å². The summed E-state index contributed by atoms with van der Waals surface area (Å²) in [5.74, 6) is -0.396. The van der Waals surface area contributed by atoms with Crippen molar-refractivity contribution in [1.29, 1.82) is 0 Å². The number of nitrogens with zero attached hydrogens (tertiary/aromatic N) is 1. The summed E-state index contributed by atoms with van der Waals surface area (Å²) in [4.78, 5) is 23.5. The number of nitrogens with one attached hydrogen (secondary N) is 1. The molecule has 0 spiro atoms. The fraction of sp³-hybridized carbons (Fsp3) is 0.714. The summed E-state index contributed by atoms with van der Waals surface area (Å²) >= 11 is 0. The summed E-state index contributed by atoms with van der Waals surface area (Å²) in [5, 5.41) is 2.11. The van der Waals surface area contributed by atoms with Gasteiger partial charge in [-0.1, -0.05) is 6.92 Å². The molecule has 0 saturated carbocycles. The molecule has 1 heterocycles. The van der Waals surface area contributed by atoms with Crippen LogP contribution in [0.5, 0.6) is 0 Å². The molecule has 2 unspecified atom stereocenters. The molecule has 20 heavy (non-hydrogen) atoms. The van der Waals surface area contributed by atoms with Crippen molar-refractivity contribution >= 4 is 12.3 Å². The van der Waals surface area contributed by atoms with Gasteiger partial charge in [-0.15, -0.1) is 0 Å². The van der Waals surface area contributed by atoms with Gasteiger partial charge in [0.15, 0.2) is 0 Å². The van der Waals surface area contributed by atoms with E-state index in [1.807, 2.05) is 11.9 Å². The Balaban J connectivity index is 2.41. The largest absolute Gasteiger partial charge is 0.379 e. The number of imide groups is 1. The van der Waals surface area contributed by atoms with E-state index in [0.29, 0.717) is 18.6 Å². The standard InChI is InChI=1S/C14H24N2O4/c1-4-7-19-9-12-5-6-13(20-12)16(3)8-11(2)14(18)15-10-17/h8,10,12-13H,4-7,9H2,1-3H3,(H,15,17,18)/b11-8-. The Morgan fingerprint density at radius 2 is 2.25 bits per heavy atom. The van der Waals surface area contributed by atoms with Crippen molar-refractivity contribution in [2.24, 2.45) is 0 Å². The van der Waals surface area contributed by atoms with E-state index in [0.717, 1.165) is 25.9 Å². The first-order valence-electron chi connectivity index (χ1n) is 6.96. The lowest BCUT2D eigenvalue weighted by atomic mass is 10.2. The van der Waals surface area contributed by atoms with E-state index in [1.165, 1.54) is 0 Å². The summed E-state index contributed by atoms with van der Waals surface area (Å²) in [7, 11) is 1.86. The molecule has 1 saturated heterocycles. The third-order valence-electron chi connectivity index (χ3n) is 3.14. The van der Waals surface area contributed by atoms with Crippen LogP contribution in [0.25, 0.3) is 0 Å². The molecule has 1 aliphatic heterocycles. The van der Waals surface area contributed by atoms with Crippen LogP contribution < -0.4 is 5.32 Å². The van der Waals surface area contributed by atoms with E-state index in [1.54, 1.807) is 13.1 Å². The Hall–Kier alpha value is -1.40. The van der Waals surface area contributed by atoms with Crippen molar-refractivity contribution in [2.45, 2.75) is 45.4 Å². The molecular formula is C14H24N2O4. The Morgan fingerprint density at radius 1 is 1.50 bits per heavy atom. The van der Waals surface area contributed by atoms with Gasteiger partial charge in [0, 0.05) is 25.4 Å². The molecule has 2 amide bonds. The molecule has 1 aliphatic rings. The molecule has 6 heteroatoms. The van der Waals surface area contributed by atoms with Crippen molar-refractivity contribution < 1.29 is 19.1 Å². The Labute approximate surface area is 120 Å². The van der Waals surface area contributed by atoms with Gasteiger partial charge in [0.25, 0.3) is 5.91 Å². The number of hydrogen-bond acceptors (Lipinski definition) is 5. The zero-order valence-corrected chi connectivity index (χ0v) is 12.4. The monoisotopic (exact) mass is 284 g/mol. The van der Waals surface area contributed by atoms with E-state index in [2.05, 4.69) is 12.2 Å². The van der Waals surface area contributed by atoms with E-state index in [9.17, 15) is 9.59 Å².